The van der Waals surface area contributed by atoms with E-state index >= 15 is 0 Å². The molecule has 1 amide bonds. The number of carbonyl (C=O) groups excluding carboxylic acids is 3. The first kappa shape index (κ1) is 38.0. The van der Waals surface area contributed by atoms with Crippen molar-refractivity contribution in [1.29, 1.82) is 0 Å². The molecule has 0 radical (unpaired) electrons. The van der Waals surface area contributed by atoms with Gasteiger partial charge in [-0.25, -0.2) is 4.99 Å². The largest absolute Gasteiger partial charge is 0.463 e. The van der Waals surface area contributed by atoms with E-state index in [4.69, 9.17) is 19.9 Å². The maximum absolute atomic E-state index is 13.2. The molecular formula is C33H52N6O8. The normalized spacial score (nSPS) is 25.6. The van der Waals surface area contributed by atoms with Crippen LogP contribution >= 0.6 is 0 Å². The zero-order valence-corrected chi connectivity index (χ0v) is 28.6. The number of aromatic amines is 1. The molecule has 0 unspecified atom stereocenters. The fourth-order valence-electron chi connectivity index (χ4n) is 5.60. The lowest BCUT2D eigenvalue weighted by Gasteiger charge is -2.29. The van der Waals surface area contributed by atoms with Gasteiger partial charge < -0.3 is 40.5 Å². The molecule has 14 heteroatoms. The lowest BCUT2D eigenvalue weighted by molar-refractivity contribution is -0.163. The molecule has 1 saturated heterocycles. The number of nitrogens with two attached hydrogens (primary N) is 1. The number of aliphatic hydroxyl groups is 2. The number of aliphatic imine (C=N–C) groups is 3. The Morgan fingerprint density at radius 3 is 2.36 bits per heavy atom. The molecule has 1 aliphatic heterocycles. The summed E-state index contributed by atoms with van der Waals surface area (Å²) in [6, 6.07) is 2.16. The number of rotatable bonds is 11. The topological polar surface area (TPSA) is 210 Å². The highest BCUT2D eigenvalue weighted by atomic mass is 16.6. The van der Waals surface area contributed by atoms with Crippen LogP contribution in [0.4, 0.5) is 0 Å². The molecule has 262 valence electrons. The second-order valence-electron chi connectivity index (χ2n) is 13.9. The number of amidine groups is 1. The fourth-order valence-corrected chi connectivity index (χ4v) is 5.60. The van der Waals surface area contributed by atoms with E-state index in [9.17, 15) is 24.6 Å². The highest BCUT2D eigenvalue weighted by molar-refractivity contribution is 6.11. The van der Waals surface area contributed by atoms with Crippen molar-refractivity contribution in [2.75, 3.05) is 20.7 Å². The molecule has 2 heterocycles. The molecule has 47 heavy (non-hydrogen) atoms. The van der Waals surface area contributed by atoms with Gasteiger partial charge in [-0.15, -0.1) is 0 Å². The van der Waals surface area contributed by atoms with Gasteiger partial charge in [-0.2, -0.15) is 0 Å². The summed E-state index contributed by atoms with van der Waals surface area (Å²) < 4.78 is 17.9. The molecule has 0 spiro atoms. The SMILES string of the molecule is CN=CN=C(NC(=O)C(C)(C)O)c1ccc([C@]2(C=NC)O[C@H](COC(=O)CC3CCCCCC3)[C@@H](OC(=O)[C@@H](N)C(C)(C)C)[C@H]2O)[nH]1. The van der Waals surface area contributed by atoms with Crippen LogP contribution in [0.15, 0.2) is 27.1 Å². The van der Waals surface area contributed by atoms with Gasteiger partial charge in [0.15, 0.2) is 17.5 Å². The summed E-state index contributed by atoms with van der Waals surface area (Å²) in [5.74, 6) is -1.58. The molecule has 1 saturated carbocycles. The number of hydrogen-bond donors (Lipinski definition) is 5. The van der Waals surface area contributed by atoms with Crippen LogP contribution in [0.2, 0.25) is 0 Å². The predicted octanol–water partition coefficient (Wildman–Crippen LogP) is 2.15. The van der Waals surface area contributed by atoms with E-state index in [1.807, 2.05) is 0 Å². The summed E-state index contributed by atoms with van der Waals surface area (Å²) in [6.07, 6.45) is 5.38. The molecule has 14 nitrogen and oxygen atoms in total. The molecule has 1 aromatic rings. The van der Waals surface area contributed by atoms with E-state index in [1.54, 1.807) is 32.9 Å². The number of esters is 2. The number of hydrogen-bond acceptors (Lipinski definition) is 11. The summed E-state index contributed by atoms with van der Waals surface area (Å²) in [7, 11) is 3.00. The lowest BCUT2D eigenvalue weighted by atomic mass is 9.87. The standard InChI is InChI=1S/C33H52N6O8/c1-31(2,3)26(34)29(42)46-25-22(17-45-24(40)16-20-12-10-8-9-11-13-20)47-33(18-35-6,27(25)41)23-15-14-21(38-23)28(37-19-36-7)39-30(43)32(4,5)44/h14-15,18-20,22,25-27,38,41,44H,8-13,16-17,34H2,1-7H3,(H,36,37,39,43)/t22-,25-,26-,27-,33+/m1/s1. The van der Waals surface area contributed by atoms with E-state index in [2.05, 4.69) is 25.3 Å². The van der Waals surface area contributed by atoms with Crippen LogP contribution in [0.25, 0.3) is 0 Å². The van der Waals surface area contributed by atoms with Gasteiger partial charge in [0.2, 0.25) is 0 Å². The van der Waals surface area contributed by atoms with Gasteiger partial charge >= 0.3 is 11.9 Å². The average molecular weight is 661 g/mol. The van der Waals surface area contributed by atoms with Gasteiger partial charge in [0, 0.05) is 26.7 Å². The number of H-pyrrole nitrogens is 1. The first-order valence-corrected chi connectivity index (χ1v) is 16.2. The highest BCUT2D eigenvalue weighted by Crippen LogP contribution is 2.40. The van der Waals surface area contributed by atoms with E-state index in [-0.39, 0.29) is 30.5 Å². The molecule has 2 aliphatic rings. The Labute approximate surface area is 276 Å². The minimum absolute atomic E-state index is 0.0353. The van der Waals surface area contributed by atoms with Crippen LogP contribution in [0.3, 0.4) is 0 Å². The fraction of sp³-hybridized carbons (Fsp3) is 0.697. The number of aliphatic hydroxyl groups excluding tert-OH is 1. The lowest BCUT2D eigenvalue weighted by Crippen LogP contribution is -2.49. The third-order valence-corrected chi connectivity index (χ3v) is 8.51. The molecule has 0 bridgehead atoms. The van der Waals surface area contributed by atoms with Crippen LogP contribution in [-0.4, -0.2) is 102 Å². The molecule has 6 N–H and O–H groups in total. The molecule has 1 aromatic heterocycles. The Hall–Kier alpha value is -3.46. The van der Waals surface area contributed by atoms with Crippen LogP contribution < -0.4 is 11.1 Å². The molecular weight excluding hydrogens is 608 g/mol. The quantitative estimate of drug-likeness (QED) is 0.102. The van der Waals surface area contributed by atoms with Crippen molar-refractivity contribution in [3.63, 3.8) is 0 Å². The Kier molecular flexibility index (Phi) is 13.0. The van der Waals surface area contributed by atoms with Gasteiger partial charge in [0.1, 0.15) is 36.8 Å². The maximum atomic E-state index is 13.2. The van der Waals surface area contributed by atoms with Gasteiger partial charge in [-0.1, -0.05) is 46.5 Å². The Morgan fingerprint density at radius 1 is 1.13 bits per heavy atom. The van der Waals surface area contributed by atoms with E-state index in [0.29, 0.717) is 5.69 Å². The minimum atomic E-state index is -1.70. The van der Waals surface area contributed by atoms with Crippen molar-refractivity contribution < 1.29 is 38.8 Å². The van der Waals surface area contributed by atoms with Crippen molar-refractivity contribution in [3.8, 4) is 0 Å². The zero-order chi connectivity index (χ0) is 35.0. The molecule has 0 aromatic carbocycles. The van der Waals surface area contributed by atoms with Crippen LogP contribution in [0, 0.1) is 11.3 Å². The number of aromatic nitrogens is 1. The van der Waals surface area contributed by atoms with Gasteiger partial charge in [0.25, 0.3) is 5.91 Å². The Balaban J connectivity index is 1.95. The molecule has 3 rings (SSSR count). The number of nitrogens with zero attached hydrogens (tertiary/aromatic N) is 3. The highest BCUT2D eigenvalue weighted by Gasteiger charge is 2.58. The first-order chi connectivity index (χ1) is 22.0. The second-order valence-corrected chi connectivity index (χ2v) is 13.9. The van der Waals surface area contributed by atoms with Crippen molar-refractivity contribution in [2.45, 2.75) is 115 Å². The number of amides is 1. The smallest absolute Gasteiger partial charge is 0.323 e. The van der Waals surface area contributed by atoms with Crippen molar-refractivity contribution in [3.05, 3.63) is 23.5 Å². The monoisotopic (exact) mass is 660 g/mol. The molecule has 5 atom stereocenters. The Bertz CT molecular complexity index is 1320. The average Bonchev–Trinajstić information content (AvgIpc) is 3.48. The predicted molar refractivity (Wildman–Crippen MR) is 177 cm³/mol. The van der Waals surface area contributed by atoms with Crippen molar-refractivity contribution in [1.82, 2.24) is 10.3 Å². The third kappa shape index (κ3) is 9.78. The number of nitrogens with one attached hydrogen (secondary N) is 2. The minimum Gasteiger partial charge on any atom is -0.463 e. The van der Waals surface area contributed by atoms with E-state index in [0.717, 1.165) is 38.5 Å². The molecule has 1 aliphatic carbocycles. The molecule has 2 fully saturated rings. The number of carbonyl (C=O) groups is 3. The summed E-state index contributed by atoms with van der Waals surface area (Å²) >= 11 is 0. The Morgan fingerprint density at radius 2 is 1.79 bits per heavy atom. The van der Waals surface area contributed by atoms with Gasteiger partial charge in [-0.3, -0.25) is 24.4 Å². The third-order valence-electron chi connectivity index (χ3n) is 8.51. The first-order valence-electron chi connectivity index (χ1n) is 16.2. The summed E-state index contributed by atoms with van der Waals surface area (Å²) in [6.45, 7) is 7.75. The van der Waals surface area contributed by atoms with Crippen LogP contribution in [-0.2, 0) is 34.2 Å². The summed E-state index contributed by atoms with van der Waals surface area (Å²) in [5, 5.41) is 24.6. The van der Waals surface area contributed by atoms with Gasteiger partial charge in [0.05, 0.1) is 11.4 Å². The van der Waals surface area contributed by atoms with Crippen LogP contribution in [0.5, 0.6) is 0 Å². The van der Waals surface area contributed by atoms with Gasteiger partial charge in [-0.05, 0) is 50.2 Å². The van der Waals surface area contributed by atoms with Crippen molar-refractivity contribution in [2.24, 2.45) is 32.0 Å². The van der Waals surface area contributed by atoms with E-state index < -0.39 is 58.8 Å². The van der Waals surface area contributed by atoms with Crippen molar-refractivity contribution >= 4 is 36.2 Å². The van der Waals surface area contributed by atoms with Crippen LogP contribution in [0.1, 0.15) is 91.0 Å². The number of ether oxygens (including phenoxy) is 3. The summed E-state index contributed by atoms with van der Waals surface area (Å²) in [4.78, 5) is 54.0. The zero-order valence-electron chi connectivity index (χ0n) is 28.6. The summed E-state index contributed by atoms with van der Waals surface area (Å²) in [5.41, 5.74) is 2.72. The van der Waals surface area contributed by atoms with E-state index in [1.165, 1.54) is 40.5 Å². The second kappa shape index (κ2) is 16.1. The maximum Gasteiger partial charge on any atom is 0.323 e.